The Bertz CT molecular complexity index is 1220. The Morgan fingerprint density at radius 2 is 2.06 bits per heavy atom. The van der Waals surface area contributed by atoms with E-state index in [0.717, 1.165) is 24.4 Å². The Hall–Kier alpha value is -3.83. The van der Waals surface area contributed by atoms with Crippen molar-refractivity contribution in [2.24, 2.45) is 0 Å². The van der Waals surface area contributed by atoms with Crippen LogP contribution in [0.25, 0.3) is 0 Å². The molecule has 1 N–H and O–H groups in total. The molecule has 2 aliphatic heterocycles. The van der Waals surface area contributed by atoms with Gasteiger partial charge in [-0.2, -0.15) is 13.2 Å². The fraction of sp³-hybridized carbons (Fsp3) is 0.391. The third-order valence-electron chi connectivity index (χ3n) is 6.20. The Labute approximate surface area is 198 Å². The van der Waals surface area contributed by atoms with Crippen LogP contribution < -0.4 is 14.4 Å². The molecule has 0 spiro atoms. The molecule has 3 aromatic rings. The normalized spacial score (nSPS) is 17.9. The fourth-order valence-corrected chi connectivity index (χ4v) is 4.42. The topological polar surface area (TPSA) is 96.5 Å². The van der Waals surface area contributed by atoms with Crippen molar-refractivity contribution in [1.82, 2.24) is 24.8 Å². The molecule has 0 saturated carbocycles. The van der Waals surface area contributed by atoms with E-state index in [4.69, 9.17) is 9.47 Å². The van der Waals surface area contributed by atoms with Gasteiger partial charge in [-0.15, -0.1) is 0 Å². The summed E-state index contributed by atoms with van der Waals surface area (Å²) in [5.74, 6) is -0.174. The molecule has 1 amide bonds. The van der Waals surface area contributed by atoms with E-state index in [0.29, 0.717) is 49.7 Å². The van der Waals surface area contributed by atoms with E-state index in [2.05, 4.69) is 19.9 Å². The van der Waals surface area contributed by atoms with Crippen LogP contribution in [0.3, 0.4) is 0 Å². The number of methoxy groups -OCH3 is 1. The minimum atomic E-state index is -4.59. The number of hydrogen-bond donors (Lipinski definition) is 1. The molecule has 1 saturated heterocycles. The number of carbonyl (C=O) groups excluding carboxylic acids is 1. The van der Waals surface area contributed by atoms with Crippen LogP contribution >= 0.6 is 0 Å². The summed E-state index contributed by atoms with van der Waals surface area (Å²) in [6.07, 6.45) is 0.817. The molecule has 0 aromatic carbocycles. The first kappa shape index (κ1) is 22.9. The number of fused-ring (bicyclic) bond motifs is 1. The lowest BCUT2D eigenvalue weighted by Crippen LogP contribution is -2.33. The highest BCUT2D eigenvalue weighted by Crippen LogP contribution is 2.38. The molecule has 5 rings (SSSR count). The van der Waals surface area contributed by atoms with Gasteiger partial charge in [0, 0.05) is 32.1 Å². The maximum absolute atomic E-state index is 13.5. The monoisotopic (exact) mass is 488 g/mol. The Kier molecular flexibility index (Phi) is 5.95. The van der Waals surface area contributed by atoms with Crippen LogP contribution in [-0.4, -0.2) is 63.6 Å². The standard InChI is InChI=1S/C23H23F3N6O3/c1-34-21-17(23(24,25)26)9-14(10-28-21)31-8-5-18-16(12-31)20(30-13-29-18)35-15-4-7-32(11-15)22(33)19-3-2-6-27-19/h2-3,6,9-10,13,15,27H,4-5,7-8,11-12H2,1H3. The number of alkyl halides is 3. The quantitative estimate of drug-likeness (QED) is 0.590. The minimum absolute atomic E-state index is 0.0931. The van der Waals surface area contributed by atoms with Gasteiger partial charge in [0.05, 0.1) is 43.3 Å². The van der Waals surface area contributed by atoms with Crippen molar-refractivity contribution in [2.75, 3.05) is 31.6 Å². The third-order valence-corrected chi connectivity index (χ3v) is 6.20. The minimum Gasteiger partial charge on any atom is -0.481 e. The van der Waals surface area contributed by atoms with Crippen molar-refractivity contribution in [3.8, 4) is 11.8 Å². The van der Waals surface area contributed by atoms with Crippen molar-refractivity contribution >= 4 is 11.6 Å². The summed E-state index contributed by atoms with van der Waals surface area (Å²) in [6, 6.07) is 4.54. The SMILES string of the molecule is COc1ncc(N2CCc3ncnc(OC4CCN(C(=O)c5ccc[nH]5)C4)c3C2)cc1C(F)(F)F. The number of pyridine rings is 1. The summed E-state index contributed by atoms with van der Waals surface area (Å²) in [6.45, 7) is 1.71. The molecule has 1 unspecified atom stereocenters. The number of H-pyrrole nitrogens is 1. The van der Waals surface area contributed by atoms with Gasteiger partial charge in [0.1, 0.15) is 23.7 Å². The van der Waals surface area contributed by atoms with Crippen LogP contribution in [0, 0.1) is 0 Å². The Morgan fingerprint density at radius 1 is 1.20 bits per heavy atom. The maximum Gasteiger partial charge on any atom is 0.421 e. The molecular weight excluding hydrogens is 465 g/mol. The number of ether oxygens (including phenoxy) is 2. The summed E-state index contributed by atoms with van der Waals surface area (Å²) in [5, 5.41) is 0. The number of hydrogen-bond acceptors (Lipinski definition) is 7. The number of rotatable bonds is 5. The number of amides is 1. The van der Waals surface area contributed by atoms with E-state index in [9.17, 15) is 18.0 Å². The molecule has 0 bridgehead atoms. The van der Waals surface area contributed by atoms with E-state index in [1.807, 2.05) is 0 Å². The van der Waals surface area contributed by atoms with Gasteiger partial charge in [0.2, 0.25) is 11.8 Å². The molecular formula is C23H23F3N6O3. The first-order valence-corrected chi connectivity index (χ1v) is 11.1. The molecule has 1 fully saturated rings. The fourth-order valence-electron chi connectivity index (χ4n) is 4.42. The summed E-state index contributed by atoms with van der Waals surface area (Å²) in [4.78, 5) is 31.5. The van der Waals surface area contributed by atoms with Gasteiger partial charge in [0.15, 0.2) is 0 Å². The number of nitrogens with one attached hydrogen (secondary N) is 1. The Morgan fingerprint density at radius 3 is 2.80 bits per heavy atom. The predicted molar refractivity (Wildman–Crippen MR) is 118 cm³/mol. The lowest BCUT2D eigenvalue weighted by Gasteiger charge is -2.31. The average molecular weight is 488 g/mol. The molecule has 0 radical (unpaired) electrons. The third kappa shape index (κ3) is 4.60. The van der Waals surface area contributed by atoms with Crippen LogP contribution in [0.1, 0.15) is 33.7 Å². The van der Waals surface area contributed by atoms with Crippen LogP contribution in [0.15, 0.2) is 36.9 Å². The lowest BCUT2D eigenvalue weighted by molar-refractivity contribution is -0.139. The summed E-state index contributed by atoms with van der Waals surface area (Å²) < 4.78 is 51.4. The second-order valence-electron chi connectivity index (χ2n) is 8.39. The highest BCUT2D eigenvalue weighted by Gasteiger charge is 2.36. The van der Waals surface area contributed by atoms with Crippen molar-refractivity contribution in [1.29, 1.82) is 0 Å². The van der Waals surface area contributed by atoms with Gasteiger partial charge in [0.25, 0.3) is 5.91 Å². The number of aromatic nitrogens is 4. The van der Waals surface area contributed by atoms with Crippen LogP contribution in [0.4, 0.5) is 18.9 Å². The lowest BCUT2D eigenvalue weighted by atomic mass is 10.1. The number of anilines is 1. The van der Waals surface area contributed by atoms with E-state index in [1.54, 1.807) is 28.1 Å². The number of carbonyl (C=O) groups is 1. The largest absolute Gasteiger partial charge is 0.481 e. The molecule has 184 valence electrons. The second kappa shape index (κ2) is 9.08. The number of likely N-dealkylation sites (tertiary alicyclic amines) is 1. The number of nitrogens with zero attached hydrogens (tertiary/aromatic N) is 5. The summed E-state index contributed by atoms with van der Waals surface area (Å²) in [5.41, 5.74) is 1.43. The highest BCUT2D eigenvalue weighted by atomic mass is 19.4. The molecule has 9 nitrogen and oxygen atoms in total. The average Bonchev–Trinajstić information content (AvgIpc) is 3.55. The van der Waals surface area contributed by atoms with Crippen molar-refractivity contribution in [3.05, 3.63) is 59.4 Å². The zero-order valence-corrected chi connectivity index (χ0v) is 18.9. The van der Waals surface area contributed by atoms with Gasteiger partial charge < -0.3 is 24.3 Å². The maximum atomic E-state index is 13.5. The predicted octanol–water partition coefficient (Wildman–Crippen LogP) is 3.08. The smallest absolute Gasteiger partial charge is 0.421 e. The van der Waals surface area contributed by atoms with Crippen molar-refractivity contribution < 1.29 is 27.4 Å². The van der Waals surface area contributed by atoms with E-state index in [1.165, 1.54) is 12.5 Å². The Balaban J connectivity index is 1.33. The molecule has 35 heavy (non-hydrogen) atoms. The van der Waals surface area contributed by atoms with E-state index < -0.39 is 17.6 Å². The second-order valence-corrected chi connectivity index (χ2v) is 8.39. The van der Waals surface area contributed by atoms with E-state index >= 15 is 0 Å². The van der Waals surface area contributed by atoms with Gasteiger partial charge in [-0.1, -0.05) is 0 Å². The molecule has 3 aromatic heterocycles. The van der Waals surface area contributed by atoms with Gasteiger partial charge in [-0.3, -0.25) is 4.79 Å². The number of halogens is 3. The van der Waals surface area contributed by atoms with Gasteiger partial charge >= 0.3 is 6.18 Å². The summed E-state index contributed by atoms with van der Waals surface area (Å²) >= 11 is 0. The van der Waals surface area contributed by atoms with Crippen LogP contribution in [0.2, 0.25) is 0 Å². The number of aromatic amines is 1. The van der Waals surface area contributed by atoms with Gasteiger partial charge in [-0.05, 0) is 18.2 Å². The molecule has 5 heterocycles. The van der Waals surface area contributed by atoms with Crippen LogP contribution in [-0.2, 0) is 19.1 Å². The van der Waals surface area contributed by atoms with Crippen molar-refractivity contribution in [3.63, 3.8) is 0 Å². The highest BCUT2D eigenvalue weighted by molar-refractivity contribution is 5.92. The molecule has 12 heteroatoms. The molecule has 0 aliphatic carbocycles. The van der Waals surface area contributed by atoms with E-state index in [-0.39, 0.29) is 18.6 Å². The first-order chi connectivity index (χ1) is 16.8. The molecule has 2 aliphatic rings. The summed E-state index contributed by atoms with van der Waals surface area (Å²) in [7, 11) is 1.16. The molecule has 1 atom stereocenters. The van der Waals surface area contributed by atoms with Gasteiger partial charge in [-0.25, -0.2) is 15.0 Å². The van der Waals surface area contributed by atoms with Crippen molar-refractivity contribution in [2.45, 2.75) is 31.7 Å². The zero-order chi connectivity index (χ0) is 24.6. The van der Waals surface area contributed by atoms with Crippen LogP contribution in [0.5, 0.6) is 11.8 Å². The first-order valence-electron chi connectivity index (χ1n) is 11.1. The zero-order valence-electron chi connectivity index (χ0n) is 18.9.